The van der Waals surface area contributed by atoms with E-state index >= 15 is 0 Å². The van der Waals surface area contributed by atoms with Gasteiger partial charge in [0.15, 0.2) is 0 Å². The standard InChI is InChI=1S/C10H5Cl2N5O2S/c11-5-2-6(12)10(9-8(5)14-20-15-9)17-3-4(13-16-17)1-7(18)19/h2-3H,1H2,(H,18,19). The first-order chi connectivity index (χ1) is 9.56. The molecule has 1 aromatic heterocycles. The summed E-state index contributed by atoms with van der Waals surface area (Å²) >= 11 is 13.2. The number of hydrogen-bond acceptors (Lipinski definition) is 5. The Hall–Kier alpha value is -1.77. The summed E-state index contributed by atoms with van der Waals surface area (Å²) in [5, 5.41) is 17.1. The molecule has 10 heteroatoms. The first-order valence-electron chi connectivity index (χ1n) is 5.30. The lowest BCUT2D eigenvalue weighted by molar-refractivity contribution is -0.136. The van der Waals surface area contributed by atoms with Gasteiger partial charge in [-0.05, 0) is 6.07 Å². The Labute approximate surface area is 126 Å². The zero-order valence-electron chi connectivity index (χ0n) is 9.62. The highest BCUT2D eigenvalue weighted by atomic mass is 35.5. The van der Waals surface area contributed by atoms with Gasteiger partial charge in [0.25, 0.3) is 0 Å². The zero-order chi connectivity index (χ0) is 14.3. The van der Waals surface area contributed by atoms with Crippen LogP contribution in [0.4, 0.5) is 11.4 Å². The minimum absolute atomic E-state index is 0.219. The number of nitrogens with zero attached hydrogens (tertiary/aromatic N) is 5. The van der Waals surface area contributed by atoms with E-state index in [1.54, 1.807) is 6.07 Å². The summed E-state index contributed by atoms with van der Waals surface area (Å²) in [4.78, 5) is 10.7. The molecule has 0 bridgehead atoms. The summed E-state index contributed by atoms with van der Waals surface area (Å²) in [5.74, 6) is -0.986. The molecular weight excluding hydrogens is 325 g/mol. The van der Waals surface area contributed by atoms with Gasteiger partial charge in [-0.3, -0.25) is 4.79 Å². The van der Waals surface area contributed by atoms with E-state index in [0.29, 0.717) is 32.8 Å². The van der Waals surface area contributed by atoms with Gasteiger partial charge in [-0.15, -0.1) is 5.10 Å². The SMILES string of the molecule is O=C(O)Cc1cn(-c2c(Cl)cc(Cl)c3c2N=S=N3)nn1. The predicted molar refractivity (Wildman–Crippen MR) is 74.3 cm³/mol. The van der Waals surface area contributed by atoms with Gasteiger partial charge in [0.2, 0.25) is 0 Å². The number of aromatic nitrogens is 3. The Balaban J connectivity index is 2.12. The molecule has 0 radical (unpaired) electrons. The summed E-state index contributed by atoms with van der Waals surface area (Å²) in [7, 11) is 0. The van der Waals surface area contributed by atoms with E-state index < -0.39 is 5.97 Å². The highest BCUT2D eigenvalue weighted by molar-refractivity contribution is 7.58. The van der Waals surface area contributed by atoms with Gasteiger partial charge in [-0.25, -0.2) is 4.68 Å². The number of carbonyl (C=O) groups is 1. The second-order valence-electron chi connectivity index (χ2n) is 3.88. The van der Waals surface area contributed by atoms with E-state index in [4.69, 9.17) is 28.3 Å². The first-order valence-corrected chi connectivity index (χ1v) is 6.78. The van der Waals surface area contributed by atoms with Gasteiger partial charge in [0, 0.05) is 0 Å². The van der Waals surface area contributed by atoms with Crippen LogP contribution in [0.25, 0.3) is 5.69 Å². The molecular formula is C10H5Cl2N5O2S. The molecule has 2 aromatic rings. The van der Waals surface area contributed by atoms with E-state index in [9.17, 15) is 4.79 Å². The van der Waals surface area contributed by atoms with E-state index in [0.717, 1.165) is 11.4 Å². The molecule has 0 saturated heterocycles. The van der Waals surface area contributed by atoms with Crippen molar-refractivity contribution in [1.29, 1.82) is 0 Å². The highest BCUT2D eigenvalue weighted by Gasteiger charge is 2.21. The van der Waals surface area contributed by atoms with Crippen LogP contribution in [0.3, 0.4) is 0 Å². The third-order valence-corrected chi connectivity index (χ3v) is 3.63. The molecule has 0 aliphatic carbocycles. The topological polar surface area (TPSA) is 92.7 Å². The van der Waals surface area contributed by atoms with Crippen molar-refractivity contribution in [3.8, 4) is 5.69 Å². The van der Waals surface area contributed by atoms with E-state index in [1.807, 2.05) is 0 Å². The number of fused-ring (bicyclic) bond motifs is 1. The third kappa shape index (κ3) is 2.21. The molecule has 1 N–H and O–H groups in total. The van der Waals surface area contributed by atoms with Crippen molar-refractivity contribution in [3.63, 3.8) is 0 Å². The lowest BCUT2D eigenvalue weighted by Crippen LogP contribution is -2.00. The lowest BCUT2D eigenvalue weighted by Gasteiger charge is -2.08. The van der Waals surface area contributed by atoms with Crippen LogP contribution in [-0.4, -0.2) is 26.1 Å². The molecule has 3 rings (SSSR count). The number of aliphatic carboxylic acids is 1. The van der Waals surface area contributed by atoms with Gasteiger partial charge in [-0.2, -0.15) is 8.73 Å². The zero-order valence-corrected chi connectivity index (χ0v) is 11.9. The fourth-order valence-electron chi connectivity index (χ4n) is 1.72. The van der Waals surface area contributed by atoms with E-state index in [1.165, 1.54) is 10.9 Å². The second kappa shape index (κ2) is 4.97. The van der Waals surface area contributed by atoms with Crippen molar-refractivity contribution in [2.45, 2.75) is 6.42 Å². The third-order valence-electron chi connectivity index (χ3n) is 2.52. The van der Waals surface area contributed by atoms with Crippen LogP contribution in [0.1, 0.15) is 5.69 Å². The minimum atomic E-state index is -0.986. The summed E-state index contributed by atoms with van der Waals surface area (Å²) in [6.45, 7) is 0. The number of rotatable bonds is 3. The maximum atomic E-state index is 10.7. The summed E-state index contributed by atoms with van der Waals surface area (Å²) < 4.78 is 9.60. The Morgan fingerprint density at radius 3 is 2.80 bits per heavy atom. The summed E-state index contributed by atoms with van der Waals surface area (Å²) in [5.41, 5.74) is 1.81. The van der Waals surface area contributed by atoms with E-state index in [2.05, 4.69) is 19.0 Å². The molecule has 2 heterocycles. The van der Waals surface area contributed by atoms with Crippen molar-refractivity contribution < 1.29 is 9.90 Å². The monoisotopic (exact) mass is 329 g/mol. The largest absolute Gasteiger partial charge is 0.481 e. The highest BCUT2D eigenvalue weighted by Crippen LogP contribution is 2.45. The normalized spacial score (nSPS) is 12.3. The predicted octanol–water partition coefficient (Wildman–Crippen LogP) is 2.93. The number of benzene rings is 1. The number of carboxylic acid groups (broad SMARTS) is 1. The van der Waals surface area contributed by atoms with Crippen molar-refractivity contribution in [3.05, 3.63) is 28.0 Å². The Bertz CT molecular complexity index is 797. The van der Waals surface area contributed by atoms with Crippen molar-refractivity contribution >= 4 is 51.9 Å². The fourth-order valence-corrected chi connectivity index (χ4v) is 2.92. The molecule has 0 amide bonds. The molecule has 1 aliphatic rings. The van der Waals surface area contributed by atoms with Crippen molar-refractivity contribution in [2.75, 3.05) is 0 Å². The van der Waals surface area contributed by atoms with Crippen molar-refractivity contribution in [1.82, 2.24) is 15.0 Å². The van der Waals surface area contributed by atoms with Crippen LogP contribution in [0.2, 0.25) is 10.0 Å². The number of halogens is 2. The molecule has 0 spiro atoms. The first kappa shape index (κ1) is 13.2. The molecule has 7 nitrogen and oxygen atoms in total. The Morgan fingerprint density at radius 1 is 1.30 bits per heavy atom. The second-order valence-corrected chi connectivity index (χ2v) is 5.22. The number of hydrogen-bond donors (Lipinski definition) is 1. The lowest BCUT2D eigenvalue weighted by atomic mass is 10.2. The van der Waals surface area contributed by atoms with Crippen LogP contribution >= 0.6 is 23.2 Å². The molecule has 0 saturated carbocycles. The molecule has 0 atom stereocenters. The maximum absolute atomic E-state index is 10.7. The van der Waals surface area contributed by atoms with Crippen LogP contribution in [0, 0.1) is 0 Å². The molecule has 102 valence electrons. The van der Waals surface area contributed by atoms with Crippen molar-refractivity contribution in [2.24, 2.45) is 8.73 Å². The average Bonchev–Trinajstić information content (AvgIpc) is 2.98. The average molecular weight is 330 g/mol. The minimum Gasteiger partial charge on any atom is -0.481 e. The summed E-state index contributed by atoms with van der Waals surface area (Å²) in [6.07, 6.45) is 1.27. The van der Waals surface area contributed by atoms with Crippen LogP contribution in [-0.2, 0) is 22.6 Å². The van der Waals surface area contributed by atoms with Gasteiger partial charge >= 0.3 is 5.97 Å². The van der Waals surface area contributed by atoms with Gasteiger partial charge < -0.3 is 5.11 Å². The van der Waals surface area contributed by atoms with Gasteiger partial charge in [0.1, 0.15) is 17.1 Å². The van der Waals surface area contributed by atoms with Crippen LogP contribution in [0.5, 0.6) is 0 Å². The fraction of sp³-hybridized carbons (Fsp3) is 0.100. The molecule has 1 aliphatic heterocycles. The van der Waals surface area contributed by atoms with Crippen LogP contribution in [0.15, 0.2) is 21.0 Å². The molecule has 0 fully saturated rings. The molecule has 0 unspecified atom stereocenters. The van der Waals surface area contributed by atoms with Gasteiger partial charge in [0.05, 0.1) is 39.7 Å². The molecule has 1 aromatic carbocycles. The number of carboxylic acids is 1. The summed E-state index contributed by atoms with van der Waals surface area (Å²) in [6, 6.07) is 1.54. The Morgan fingerprint density at radius 2 is 2.05 bits per heavy atom. The Kier molecular flexibility index (Phi) is 3.28. The van der Waals surface area contributed by atoms with E-state index in [-0.39, 0.29) is 6.42 Å². The quantitative estimate of drug-likeness (QED) is 0.799. The smallest absolute Gasteiger partial charge is 0.309 e. The van der Waals surface area contributed by atoms with Gasteiger partial charge in [-0.1, -0.05) is 28.4 Å². The maximum Gasteiger partial charge on any atom is 0.309 e. The molecule has 20 heavy (non-hydrogen) atoms. The van der Waals surface area contributed by atoms with Crippen LogP contribution < -0.4 is 0 Å².